The number of pyridine rings is 1. The van der Waals surface area contributed by atoms with Crippen LogP contribution in [0.15, 0.2) is 12.3 Å². The van der Waals surface area contributed by atoms with Crippen LogP contribution in [0.3, 0.4) is 0 Å². The fourth-order valence-electron chi connectivity index (χ4n) is 1.43. The zero-order chi connectivity index (χ0) is 13.7. The van der Waals surface area contributed by atoms with E-state index in [1.807, 2.05) is 6.92 Å². The van der Waals surface area contributed by atoms with E-state index in [1.54, 1.807) is 20.0 Å². The summed E-state index contributed by atoms with van der Waals surface area (Å²) in [6, 6.07) is 1.62. The maximum atomic E-state index is 12.0. The van der Waals surface area contributed by atoms with E-state index in [-0.39, 0.29) is 18.4 Å². The number of aromatic nitrogens is 1. The molecule has 1 heterocycles. The van der Waals surface area contributed by atoms with Gasteiger partial charge in [-0.1, -0.05) is 11.6 Å². The highest BCUT2D eigenvalue weighted by Crippen LogP contribution is 2.17. The summed E-state index contributed by atoms with van der Waals surface area (Å²) in [6.07, 6.45) is 1.42. The number of nitrogens with zero attached hydrogens (tertiary/aromatic N) is 2. The standard InChI is InChI=1S/C12H16ClN3O2/c1-4-14-11(17)7-16(3)12(18)9-6-15-8(2)5-10(9)13/h5-6H,4,7H2,1-3H3,(H,14,17). The molecule has 1 aromatic heterocycles. The Hall–Kier alpha value is -1.62. The van der Waals surface area contributed by atoms with Gasteiger partial charge in [0.05, 0.1) is 17.1 Å². The summed E-state index contributed by atoms with van der Waals surface area (Å²) in [5.74, 6) is -0.525. The van der Waals surface area contributed by atoms with Crippen LogP contribution in [0.4, 0.5) is 0 Å². The first-order valence-corrected chi connectivity index (χ1v) is 5.97. The summed E-state index contributed by atoms with van der Waals surface area (Å²) in [6.45, 7) is 4.14. The number of hydrogen-bond acceptors (Lipinski definition) is 3. The van der Waals surface area contributed by atoms with Crippen molar-refractivity contribution in [2.75, 3.05) is 20.1 Å². The van der Waals surface area contributed by atoms with Crippen LogP contribution >= 0.6 is 11.6 Å². The highest BCUT2D eigenvalue weighted by atomic mass is 35.5. The van der Waals surface area contributed by atoms with E-state index in [0.717, 1.165) is 5.69 Å². The summed E-state index contributed by atoms with van der Waals surface area (Å²) in [7, 11) is 1.55. The van der Waals surface area contributed by atoms with Gasteiger partial charge in [-0.3, -0.25) is 14.6 Å². The topological polar surface area (TPSA) is 62.3 Å². The first kappa shape index (κ1) is 14.4. The van der Waals surface area contributed by atoms with Crippen LogP contribution in [-0.2, 0) is 4.79 Å². The molecule has 0 saturated heterocycles. The number of carbonyl (C=O) groups excluding carboxylic acids is 2. The van der Waals surface area contributed by atoms with Gasteiger partial charge in [0, 0.05) is 25.5 Å². The SMILES string of the molecule is CCNC(=O)CN(C)C(=O)c1cnc(C)cc1Cl. The lowest BCUT2D eigenvalue weighted by atomic mass is 10.2. The normalized spacial score (nSPS) is 10.0. The molecule has 98 valence electrons. The van der Waals surface area contributed by atoms with Gasteiger partial charge in [0.15, 0.2) is 0 Å². The molecular weight excluding hydrogens is 254 g/mol. The van der Waals surface area contributed by atoms with E-state index in [1.165, 1.54) is 11.1 Å². The van der Waals surface area contributed by atoms with E-state index < -0.39 is 0 Å². The number of aryl methyl sites for hydroxylation is 1. The molecule has 1 rings (SSSR count). The molecule has 0 saturated carbocycles. The van der Waals surface area contributed by atoms with Crippen LogP contribution in [0.1, 0.15) is 23.0 Å². The third kappa shape index (κ3) is 3.70. The molecule has 0 atom stereocenters. The van der Waals surface area contributed by atoms with Gasteiger partial charge in [-0.2, -0.15) is 0 Å². The van der Waals surface area contributed by atoms with Crippen LogP contribution in [0.25, 0.3) is 0 Å². The average Bonchev–Trinajstić information content (AvgIpc) is 2.28. The van der Waals surface area contributed by atoms with Crippen LogP contribution < -0.4 is 5.32 Å². The molecule has 1 aromatic rings. The van der Waals surface area contributed by atoms with Crippen LogP contribution in [0.2, 0.25) is 5.02 Å². The molecule has 18 heavy (non-hydrogen) atoms. The van der Waals surface area contributed by atoms with E-state index in [2.05, 4.69) is 10.3 Å². The maximum absolute atomic E-state index is 12.0. The fraction of sp³-hybridized carbons (Fsp3) is 0.417. The van der Waals surface area contributed by atoms with Gasteiger partial charge in [-0.15, -0.1) is 0 Å². The maximum Gasteiger partial charge on any atom is 0.257 e. The Kier molecular flexibility index (Phi) is 5.09. The van der Waals surface area contributed by atoms with Gasteiger partial charge in [0.25, 0.3) is 5.91 Å². The number of hydrogen-bond donors (Lipinski definition) is 1. The van der Waals surface area contributed by atoms with Crippen molar-refractivity contribution in [1.29, 1.82) is 0 Å². The predicted octanol–water partition coefficient (Wildman–Crippen LogP) is 1.25. The van der Waals surface area contributed by atoms with Gasteiger partial charge in [-0.05, 0) is 19.9 Å². The second-order valence-corrected chi connectivity index (χ2v) is 4.33. The van der Waals surface area contributed by atoms with Crippen molar-refractivity contribution < 1.29 is 9.59 Å². The molecule has 2 amide bonds. The summed E-state index contributed by atoms with van der Waals surface area (Å²) >= 11 is 5.98. The Morgan fingerprint density at radius 3 is 2.72 bits per heavy atom. The molecule has 0 bridgehead atoms. The van der Waals surface area contributed by atoms with E-state index >= 15 is 0 Å². The lowest BCUT2D eigenvalue weighted by Gasteiger charge is -2.17. The number of nitrogens with one attached hydrogen (secondary N) is 1. The predicted molar refractivity (Wildman–Crippen MR) is 69.6 cm³/mol. The van der Waals surface area contributed by atoms with E-state index in [9.17, 15) is 9.59 Å². The number of rotatable bonds is 4. The monoisotopic (exact) mass is 269 g/mol. The first-order chi connectivity index (χ1) is 8.45. The van der Waals surface area contributed by atoms with Gasteiger partial charge in [-0.25, -0.2) is 0 Å². The lowest BCUT2D eigenvalue weighted by Crippen LogP contribution is -2.38. The Morgan fingerprint density at radius 1 is 1.50 bits per heavy atom. The Morgan fingerprint density at radius 2 is 2.17 bits per heavy atom. The highest BCUT2D eigenvalue weighted by Gasteiger charge is 2.17. The van der Waals surface area contributed by atoms with Gasteiger partial charge in [0.2, 0.25) is 5.91 Å². The minimum absolute atomic E-state index is 0.00310. The van der Waals surface area contributed by atoms with Crippen molar-refractivity contribution in [3.05, 3.63) is 28.5 Å². The van der Waals surface area contributed by atoms with Gasteiger partial charge < -0.3 is 10.2 Å². The second kappa shape index (κ2) is 6.35. The molecule has 0 fully saturated rings. The van der Waals surface area contributed by atoms with Gasteiger partial charge in [0.1, 0.15) is 0 Å². The van der Waals surface area contributed by atoms with Crippen molar-refractivity contribution in [3.63, 3.8) is 0 Å². The molecule has 1 N–H and O–H groups in total. The molecule has 0 spiro atoms. The Bertz CT molecular complexity index is 463. The Balaban J connectivity index is 2.77. The minimum atomic E-state index is -0.321. The quantitative estimate of drug-likeness (QED) is 0.895. The largest absolute Gasteiger partial charge is 0.355 e. The van der Waals surface area contributed by atoms with Crippen molar-refractivity contribution in [2.45, 2.75) is 13.8 Å². The second-order valence-electron chi connectivity index (χ2n) is 3.92. The molecule has 0 unspecified atom stereocenters. The molecule has 6 heteroatoms. The summed E-state index contributed by atoms with van der Waals surface area (Å²) < 4.78 is 0. The molecule has 0 radical (unpaired) electrons. The molecule has 0 aliphatic heterocycles. The summed E-state index contributed by atoms with van der Waals surface area (Å²) in [5, 5.41) is 2.97. The lowest BCUT2D eigenvalue weighted by molar-refractivity contribution is -0.121. The number of carbonyl (C=O) groups is 2. The smallest absolute Gasteiger partial charge is 0.257 e. The highest BCUT2D eigenvalue weighted by molar-refractivity contribution is 6.33. The van der Waals surface area contributed by atoms with Crippen molar-refractivity contribution in [3.8, 4) is 0 Å². The number of amides is 2. The van der Waals surface area contributed by atoms with Crippen molar-refractivity contribution in [2.24, 2.45) is 0 Å². The first-order valence-electron chi connectivity index (χ1n) is 5.60. The van der Waals surface area contributed by atoms with E-state index in [0.29, 0.717) is 17.1 Å². The fourth-order valence-corrected chi connectivity index (χ4v) is 1.72. The average molecular weight is 270 g/mol. The van der Waals surface area contributed by atoms with Crippen LogP contribution in [0, 0.1) is 6.92 Å². The summed E-state index contributed by atoms with van der Waals surface area (Å²) in [4.78, 5) is 28.7. The number of likely N-dealkylation sites (N-methyl/N-ethyl adjacent to an activating group) is 2. The summed E-state index contributed by atoms with van der Waals surface area (Å²) in [5.41, 5.74) is 1.04. The minimum Gasteiger partial charge on any atom is -0.355 e. The Labute approximate surface area is 111 Å². The van der Waals surface area contributed by atoms with Crippen LogP contribution in [0.5, 0.6) is 0 Å². The molecular formula is C12H16ClN3O2. The number of halogens is 1. The molecule has 0 aliphatic rings. The zero-order valence-electron chi connectivity index (χ0n) is 10.7. The molecule has 0 aliphatic carbocycles. The third-order valence-electron chi connectivity index (χ3n) is 2.32. The van der Waals surface area contributed by atoms with Crippen molar-refractivity contribution in [1.82, 2.24) is 15.2 Å². The molecule has 5 nitrogen and oxygen atoms in total. The zero-order valence-corrected chi connectivity index (χ0v) is 11.4. The van der Waals surface area contributed by atoms with Crippen LogP contribution in [-0.4, -0.2) is 41.8 Å². The third-order valence-corrected chi connectivity index (χ3v) is 2.63. The van der Waals surface area contributed by atoms with E-state index in [4.69, 9.17) is 11.6 Å². The van der Waals surface area contributed by atoms with Crippen molar-refractivity contribution >= 4 is 23.4 Å². The van der Waals surface area contributed by atoms with Gasteiger partial charge >= 0.3 is 0 Å². The molecule has 0 aromatic carbocycles.